The van der Waals surface area contributed by atoms with E-state index in [1.54, 1.807) is 0 Å². The molecule has 0 bridgehead atoms. The molecule has 3 unspecified atom stereocenters. The molecule has 0 radical (unpaired) electrons. The third-order valence-corrected chi connectivity index (χ3v) is 3.90. The lowest BCUT2D eigenvalue weighted by atomic mass is 9.80. The topological polar surface area (TPSA) is 29.9 Å². The van der Waals surface area contributed by atoms with Gasteiger partial charge in [-0.1, -0.05) is 13.8 Å². The first kappa shape index (κ1) is 11.6. The first-order valence-electron chi connectivity index (χ1n) is 6.37. The zero-order valence-electron chi connectivity index (χ0n) is 10.6. The van der Waals surface area contributed by atoms with E-state index in [0.29, 0.717) is 6.04 Å². The fourth-order valence-electron chi connectivity index (χ4n) is 2.78. The molecule has 3 heteroatoms. The van der Waals surface area contributed by atoms with Crippen molar-refractivity contribution < 1.29 is 0 Å². The zero-order chi connectivity index (χ0) is 11.5. The van der Waals surface area contributed by atoms with Gasteiger partial charge in [-0.3, -0.25) is 4.68 Å². The minimum absolute atomic E-state index is 0.686. The summed E-state index contributed by atoms with van der Waals surface area (Å²) in [4.78, 5) is 0. The van der Waals surface area contributed by atoms with Crippen molar-refractivity contribution in [3.8, 4) is 0 Å². The Labute approximate surface area is 98.2 Å². The van der Waals surface area contributed by atoms with Crippen molar-refractivity contribution in [1.29, 1.82) is 0 Å². The van der Waals surface area contributed by atoms with Crippen LogP contribution in [0.15, 0.2) is 12.3 Å². The second-order valence-corrected chi connectivity index (χ2v) is 5.33. The maximum absolute atomic E-state index is 4.19. The van der Waals surface area contributed by atoms with E-state index in [1.807, 2.05) is 17.9 Å². The summed E-state index contributed by atoms with van der Waals surface area (Å²) in [5.41, 5.74) is 1.27. The number of hydrogen-bond acceptors (Lipinski definition) is 2. The van der Waals surface area contributed by atoms with Crippen molar-refractivity contribution in [2.24, 2.45) is 18.9 Å². The highest BCUT2D eigenvalue weighted by molar-refractivity contribution is 5.00. The number of rotatable bonds is 3. The van der Waals surface area contributed by atoms with Gasteiger partial charge in [0.15, 0.2) is 0 Å². The second kappa shape index (κ2) is 5.00. The SMILES string of the molecule is CC1CCC(NCc2ccnn2C)C(C)C1. The lowest BCUT2D eigenvalue weighted by molar-refractivity contribution is 0.226. The average Bonchev–Trinajstić information content (AvgIpc) is 2.63. The summed E-state index contributed by atoms with van der Waals surface area (Å²) in [5.74, 6) is 1.71. The van der Waals surface area contributed by atoms with Crippen LogP contribution in [0.3, 0.4) is 0 Å². The summed E-state index contributed by atoms with van der Waals surface area (Å²) < 4.78 is 1.95. The molecule has 1 aromatic heterocycles. The van der Waals surface area contributed by atoms with Crippen LogP contribution in [0.2, 0.25) is 0 Å². The molecular formula is C13H23N3. The fraction of sp³-hybridized carbons (Fsp3) is 0.769. The highest BCUT2D eigenvalue weighted by Gasteiger charge is 2.24. The molecule has 1 aliphatic rings. The Balaban J connectivity index is 1.84. The van der Waals surface area contributed by atoms with Crippen molar-refractivity contribution in [3.63, 3.8) is 0 Å². The smallest absolute Gasteiger partial charge is 0.0518 e. The van der Waals surface area contributed by atoms with Gasteiger partial charge in [-0.15, -0.1) is 0 Å². The lowest BCUT2D eigenvalue weighted by Gasteiger charge is -2.33. The summed E-state index contributed by atoms with van der Waals surface area (Å²) in [6, 6.07) is 2.77. The molecule has 2 rings (SSSR count). The predicted molar refractivity (Wildman–Crippen MR) is 66.0 cm³/mol. The standard InChI is InChI=1S/C13H23N3/c1-10-4-5-13(11(2)8-10)14-9-12-6-7-15-16(12)3/h6-7,10-11,13-14H,4-5,8-9H2,1-3H3. The van der Waals surface area contributed by atoms with E-state index in [0.717, 1.165) is 18.4 Å². The van der Waals surface area contributed by atoms with E-state index in [-0.39, 0.29) is 0 Å². The van der Waals surface area contributed by atoms with Crippen LogP contribution in [0.1, 0.15) is 38.8 Å². The Hall–Kier alpha value is -0.830. The van der Waals surface area contributed by atoms with Crippen molar-refractivity contribution in [2.45, 2.75) is 45.7 Å². The first-order chi connectivity index (χ1) is 7.66. The Morgan fingerprint density at radius 1 is 1.44 bits per heavy atom. The van der Waals surface area contributed by atoms with Crippen LogP contribution in [0.5, 0.6) is 0 Å². The number of hydrogen-bond donors (Lipinski definition) is 1. The van der Waals surface area contributed by atoms with Gasteiger partial charge in [-0.05, 0) is 37.2 Å². The molecule has 1 fully saturated rings. The molecule has 1 aliphatic carbocycles. The molecule has 16 heavy (non-hydrogen) atoms. The monoisotopic (exact) mass is 221 g/mol. The van der Waals surface area contributed by atoms with Gasteiger partial charge in [-0.2, -0.15) is 5.10 Å². The zero-order valence-corrected chi connectivity index (χ0v) is 10.6. The normalized spacial score (nSPS) is 30.6. The van der Waals surface area contributed by atoms with E-state index in [4.69, 9.17) is 0 Å². The number of aryl methyl sites for hydroxylation is 1. The summed E-state index contributed by atoms with van der Waals surface area (Å²) >= 11 is 0. The molecule has 3 atom stereocenters. The Kier molecular flexibility index (Phi) is 3.64. The van der Waals surface area contributed by atoms with Crippen LogP contribution in [0.25, 0.3) is 0 Å². The van der Waals surface area contributed by atoms with Crippen molar-refractivity contribution in [3.05, 3.63) is 18.0 Å². The molecule has 0 aromatic carbocycles. The third kappa shape index (κ3) is 2.64. The van der Waals surface area contributed by atoms with Gasteiger partial charge >= 0.3 is 0 Å². The average molecular weight is 221 g/mol. The van der Waals surface area contributed by atoms with Gasteiger partial charge < -0.3 is 5.32 Å². The molecule has 1 N–H and O–H groups in total. The van der Waals surface area contributed by atoms with Gasteiger partial charge in [0.1, 0.15) is 0 Å². The van der Waals surface area contributed by atoms with E-state index in [1.165, 1.54) is 25.0 Å². The minimum atomic E-state index is 0.686. The van der Waals surface area contributed by atoms with Crippen LogP contribution in [-0.4, -0.2) is 15.8 Å². The third-order valence-electron chi connectivity index (χ3n) is 3.90. The maximum atomic E-state index is 4.19. The number of aromatic nitrogens is 2. The minimum Gasteiger partial charge on any atom is -0.308 e. The van der Waals surface area contributed by atoms with Gasteiger partial charge in [-0.25, -0.2) is 0 Å². The molecule has 0 spiro atoms. The van der Waals surface area contributed by atoms with E-state index < -0.39 is 0 Å². The van der Waals surface area contributed by atoms with Gasteiger partial charge in [0.25, 0.3) is 0 Å². The molecule has 1 saturated carbocycles. The van der Waals surface area contributed by atoms with E-state index in [2.05, 4.69) is 30.3 Å². The number of nitrogens with zero attached hydrogens (tertiary/aromatic N) is 2. The van der Waals surface area contributed by atoms with Crippen LogP contribution >= 0.6 is 0 Å². The Morgan fingerprint density at radius 2 is 2.25 bits per heavy atom. The predicted octanol–water partition coefficient (Wildman–Crippen LogP) is 2.33. The van der Waals surface area contributed by atoms with Crippen molar-refractivity contribution >= 4 is 0 Å². The van der Waals surface area contributed by atoms with Crippen LogP contribution in [0.4, 0.5) is 0 Å². The van der Waals surface area contributed by atoms with E-state index in [9.17, 15) is 0 Å². The quantitative estimate of drug-likeness (QED) is 0.849. The van der Waals surface area contributed by atoms with E-state index >= 15 is 0 Å². The molecule has 1 aromatic rings. The summed E-state index contributed by atoms with van der Waals surface area (Å²) in [6.07, 6.45) is 5.92. The fourth-order valence-corrected chi connectivity index (χ4v) is 2.78. The molecule has 1 heterocycles. The lowest BCUT2D eigenvalue weighted by Crippen LogP contribution is -2.38. The van der Waals surface area contributed by atoms with Crippen molar-refractivity contribution in [1.82, 2.24) is 15.1 Å². The molecule has 3 nitrogen and oxygen atoms in total. The van der Waals surface area contributed by atoms with Crippen LogP contribution in [-0.2, 0) is 13.6 Å². The van der Waals surface area contributed by atoms with Crippen LogP contribution < -0.4 is 5.32 Å². The molecule has 0 aliphatic heterocycles. The maximum Gasteiger partial charge on any atom is 0.0518 e. The van der Waals surface area contributed by atoms with Gasteiger partial charge in [0.2, 0.25) is 0 Å². The van der Waals surface area contributed by atoms with Crippen LogP contribution in [0, 0.1) is 11.8 Å². The largest absolute Gasteiger partial charge is 0.308 e. The molecule has 90 valence electrons. The molecular weight excluding hydrogens is 198 g/mol. The second-order valence-electron chi connectivity index (χ2n) is 5.33. The van der Waals surface area contributed by atoms with Gasteiger partial charge in [0, 0.05) is 25.8 Å². The Bertz CT molecular complexity index is 332. The summed E-state index contributed by atoms with van der Waals surface area (Å²) in [7, 11) is 2.00. The summed E-state index contributed by atoms with van der Waals surface area (Å²) in [5, 5.41) is 7.86. The molecule has 0 amide bonds. The number of nitrogens with one attached hydrogen (secondary N) is 1. The van der Waals surface area contributed by atoms with Crippen molar-refractivity contribution in [2.75, 3.05) is 0 Å². The first-order valence-corrected chi connectivity index (χ1v) is 6.37. The highest BCUT2D eigenvalue weighted by Crippen LogP contribution is 2.28. The van der Waals surface area contributed by atoms with Gasteiger partial charge in [0.05, 0.1) is 5.69 Å². The summed E-state index contributed by atoms with van der Waals surface area (Å²) in [6.45, 7) is 5.68. The molecule has 0 saturated heterocycles. The Morgan fingerprint density at radius 3 is 2.88 bits per heavy atom. The highest BCUT2D eigenvalue weighted by atomic mass is 15.3.